The number of carbonyl (C=O) groups excluding carboxylic acids is 2. The van der Waals surface area contributed by atoms with E-state index < -0.39 is 0 Å². The molecule has 0 aliphatic carbocycles. The van der Waals surface area contributed by atoms with Gasteiger partial charge in [0, 0.05) is 6.54 Å². The van der Waals surface area contributed by atoms with Crippen molar-refractivity contribution in [2.75, 3.05) is 14.2 Å². The van der Waals surface area contributed by atoms with Crippen molar-refractivity contribution in [2.24, 2.45) is 5.92 Å². The molecule has 1 aromatic carbocycles. The molecule has 1 aromatic rings. The number of hydrogen-bond donors (Lipinski definition) is 1. The summed E-state index contributed by atoms with van der Waals surface area (Å²) in [5, 5.41) is 3.16. The van der Waals surface area contributed by atoms with E-state index in [1.165, 1.54) is 14.2 Å². The minimum Gasteiger partial charge on any atom is -0.468 e. The molecule has 0 bridgehead atoms. The molecule has 0 saturated carbocycles. The Hall–Kier alpha value is -1.88. The monoisotopic (exact) mass is 293 g/mol. The van der Waals surface area contributed by atoms with Gasteiger partial charge in [-0.1, -0.05) is 32.0 Å². The summed E-state index contributed by atoms with van der Waals surface area (Å²) in [6, 6.07) is 6.78. The number of hydrogen-bond acceptors (Lipinski definition) is 5. The predicted octanol–water partition coefficient (Wildman–Crippen LogP) is 2.15. The molecule has 0 radical (unpaired) electrons. The maximum absolute atomic E-state index is 11.8. The van der Waals surface area contributed by atoms with Gasteiger partial charge in [-0.2, -0.15) is 0 Å². The van der Waals surface area contributed by atoms with Crippen LogP contribution in [0, 0.1) is 5.92 Å². The van der Waals surface area contributed by atoms with E-state index in [2.05, 4.69) is 5.32 Å². The fourth-order valence-corrected chi connectivity index (χ4v) is 2.09. The Labute approximate surface area is 125 Å². The third-order valence-corrected chi connectivity index (χ3v) is 3.15. The molecular formula is C16H23NO4. The van der Waals surface area contributed by atoms with E-state index in [1.807, 2.05) is 26.0 Å². The first kappa shape index (κ1) is 17.2. The van der Waals surface area contributed by atoms with Gasteiger partial charge in [-0.3, -0.25) is 4.79 Å². The van der Waals surface area contributed by atoms with Gasteiger partial charge in [0.25, 0.3) is 0 Å². The first-order chi connectivity index (χ1) is 9.99. The van der Waals surface area contributed by atoms with Crippen molar-refractivity contribution < 1.29 is 19.1 Å². The van der Waals surface area contributed by atoms with Crippen LogP contribution in [0.4, 0.5) is 0 Å². The Morgan fingerprint density at radius 3 is 2.38 bits per heavy atom. The number of esters is 2. The lowest BCUT2D eigenvalue weighted by molar-refractivity contribution is -0.143. The Morgan fingerprint density at radius 2 is 1.81 bits per heavy atom. The molecule has 0 aliphatic rings. The van der Waals surface area contributed by atoms with Gasteiger partial charge in [-0.25, -0.2) is 4.79 Å². The summed E-state index contributed by atoms with van der Waals surface area (Å²) in [6.45, 7) is 4.48. The first-order valence-corrected chi connectivity index (χ1v) is 6.97. The van der Waals surface area contributed by atoms with Crippen molar-refractivity contribution in [2.45, 2.75) is 32.9 Å². The van der Waals surface area contributed by atoms with E-state index in [0.29, 0.717) is 24.4 Å². The molecular weight excluding hydrogens is 270 g/mol. The maximum Gasteiger partial charge on any atom is 0.338 e. The summed E-state index contributed by atoms with van der Waals surface area (Å²) in [5.74, 6) is -0.317. The molecule has 1 rings (SSSR count). The zero-order valence-electron chi connectivity index (χ0n) is 13.0. The van der Waals surface area contributed by atoms with Gasteiger partial charge in [0.15, 0.2) is 0 Å². The summed E-state index contributed by atoms with van der Waals surface area (Å²) < 4.78 is 9.57. The fraction of sp³-hybridized carbons (Fsp3) is 0.500. The molecule has 0 amide bonds. The smallest absolute Gasteiger partial charge is 0.338 e. The van der Waals surface area contributed by atoms with E-state index in [0.717, 1.165) is 5.56 Å². The van der Waals surface area contributed by atoms with Gasteiger partial charge in [0.1, 0.15) is 6.04 Å². The zero-order valence-corrected chi connectivity index (χ0v) is 13.0. The normalized spacial score (nSPS) is 12.0. The Morgan fingerprint density at radius 1 is 1.14 bits per heavy atom. The van der Waals surface area contributed by atoms with Gasteiger partial charge >= 0.3 is 11.9 Å². The molecule has 0 aromatic heterocycles. The second-order valence-electron chi connectivity index (χ2n) is 5.23. The molecule has 0 aliphatic heterocycles. The van der Waals surface area contributed by atoms with E-state index in [1.54, 1.807) is 12.1 Å². The van der Waals surface area contributed by atoms with Gasteiger partial charge < -0.3 is 14.8 Å². The SMILES string of the molecule is COC(=O)c1ccccc1CNC(CC(C)C)C(=O)OC. The lowest BCUT2D eigenvalue weighted by Gasteiger charge is -2.19. The lowest BCUT2D eigenvalue weighted by atomic mass is 10.0. The minimum atomic E-state index is -0.388. The van der Waals surface area contributed by atoms with E-state index in [9.17, 15) is 9.59 Å². The van der Waals surface area contributed by atoms with Crippen LogP contribution in [0.2, 0.25) is 0 Å². The Bertz CT molecular complexity index is 485. The van der Waals surface area contributed by atoms with Crippen LogP contribution in [0.1, 0.15) is 36.2 Å². The third kappa shape index (κ3) is 5.19. The molecule has 5 heteroatoms. The molecule has 0 fully saturated rings. The van der Waals surface area contributed by atoms with Crippen molar-refractivity contribution in [3.8, 4) is 0 Å². The van der Waals surface area contributed by atoms with Crippen LogP contribution in [-0.4, -0.2) is 32.2 Å². The van der Waals surface area contributed by atoms with Gasteiger partial charge in [0.05, 0.1) is 19.8 Å². The Kier molecular flexibility index (Phi) is 6.88. The number of nitrogens with one attached hydrogen (secondary N) is 1. The highest BCUT2D eigenvalue weighted by atomic mass is 16.5. The van der Waals surface area contributed by atoms with Crippen LogP contribution in [-0.2, 0) is 20.8 Å². The largest absolute Gasteiger partial charge is 0.468 e. The van der Waals surface area contributed by atoms with Crippen molar-refractivity contribution in [3.63, 3.8) is 0 Å². The van der Waals surface area contributed by atoms with Gasteiger partial charge in [-0.05, 0) is 24.0 Å². The van der Waals surface area contributed by atoms with Crippen LogP contribution in [0.15, 0.2) is 24.3 Å². The van der Waals surface area contributed by atoms with Crippen molar-refractivity contribution in [1.82, 2.24) is 5.32 Å². The molecule has 5 nitrogen and oxygen atoms in total. The van der Waals surface area contributed by atoms with Gasteiger partial charge in [0.2, 0.25) is 0 Å². The van der Waals surface area contributed by atoms with Crippen molar-refractivity contribution in [1.29, 1.82) is 0 Å². The van der Waals surface area contributed by atoms with Crippen molar-refractivity contribution in [3.05, 3.63) is 35.4 Å². The number of rotatable bonds is 7. The number of benzene rings is 1. The molecule has 1 unspecified atom stereocenters. The summed E-state index contributed by atoms with van der Waals surface area (Å²) >= 11 is 0. The highest BCUT2D eigenvalue weighted by molar-refractivity contribution is 5.91. The molecule has 0 heterocycles. The Balaban J connectivity index is 2.80. The highest BCUT2D eigenvalue weighted by Gasteiger charge is 2.20. The summed E-state index contributed by atoms with van der Waals surface area (Å²) in [6.07, 6.45) is 0.674. The summed E-state index contributed by atoms with van der Waals surface area (Å²) in [4.78, 5) is 23.5. The number of methoxy groups -OCH3 is 2. The standard InChI is InChI=1S/C16H23NO4/c1-11(2)9-14(16(19)21-4)17-10-12-7-5-6-8-13(12)15(18)20-3/h5-8,11,14,17H,9-10H2,1-4H3. The van der Waals surface area contributed by atoms with E-state index in [4.69, 9.17) is 9.47 Å². The second-order valence-corrected chi connectivity index (χ2v) is 5.23. The molecule has 116 valence electrons. The lowest BCUT2D eigenvalue weighted by Crippen LogP contribution is -2.38. The maximum atomic E-state index is 11.8. The van der Waals surface area contributed by atoms with E-state index in [-0.39, 0.29) is 18.0 Å². The van der Waals surface area contributed by atoms with Crippen LogP contribution in [0.5, 0.6) is 0 Å². The fourth-order valence-electron chi connectivity index (χ4n) is 2.09. The topological polar surface area (TPSA) is 64.6 Å². The number of carbonyl (C=O) groups is 2. The quantitative estimate of drug-likeness (QED) is 0.780. The summed E-state index contributed by atoms with van der Waals surface area (Å²) in [7, 11) is 2.72. The average Bonchev–Trinajstić information content (AvgIpc) is 2.49. The van der Waals surface area contributed by atoms with Crippen LogP contribution in [0.25, 0.3) is 0 Å². The average molecular weight is 293 g/mol. The van der Waals surface area contributed by atoms with Crippen molar-refractivity contribution >= 4 is 11.9 Å². The molecule has 0 spiro atoms. The summed E-state index contributed by atoms with van der Waals surface area (Å²) in [5.41, 5.74) is 1.29. The van der Waals surface area contributed by atoms with Crippen LogP contribution in [0.3, 0.4) is 0 Å². The van der Waals surface area contributed by atoms with Crippen LogP contribution >= 0.6 is 0 Å². The second kappa shape index (κ2) is 8.42. The minimum absolute atomic E-state index is 0.292. The molecule has 1 atom stereocenters. The number of ether oxygens (including phenoxy) is 2. The van der Waals surface area contributed by atoms with E-state index >= 15 is 0 Å². The third-order valence-electron chi connectivity index (χ3n) is 3.15. The highest BCUT2D eigenvalue weighted by Crippen LogP contribution is 2.12. The zero-order chi connectivity index (χ0) is 15.8. The predicted molar refractivity (Wildman–Crippen MR) is 79.9 cm³/mol. The molecule has 21 heavy (non-hydrogen) atoms. The molecule has 1 N–H and O–H groups in total. The van der Waals surface area contributed by atoms with Crippen LogP contribution < -0.4 is 5.32 Å². The molecule has 0 saturated heterocycles. The van der Waals surface area contributed by atoms with Gasteiger partial charge in [-0.15, -0.1) is 0 Å². The first-order valence-electron chi connectivity index (χ1n) is 6.97.